The minimum absolute atomic E-state index is 0.110. The van der Waals surface area contributed by atoms with Crippen LogP contribution in [0.1, 0.15) is 21.7 Å². The van der Waals surface area contributed by atoms with Gasteiger partial charge in [-0.1, -0.05) is 41.9 Å². The van der Waals surface area contributed by atoms with E-state index in [0.717, 1.165) is 16.8 Å². The first-order valence-corrected chi connectivity index (χ1v) is 13.0. The van der Waals surface area contributed by atoms with E-state index in [9.17, 15) is 9.59 Å². The fourth-order valence-corrected chi connectivity index (χ4v) is 4.40. The van der Waals surface area contributed by atoms with Gasteiger partial charge in [0.05, 0.1) is 25.6 Å². The van der Waals surface area contributed by atoms with E-state index in [-0.39, 0.29) is 19.0 Å². The smallest absolute Gasteiger partial charge is 0.254 e. The maximum absolute atomic E-state index is 13.5. The number of carbonyl (C=O) groups is 2. The molecule has 0 aliphatic heterocycles. The van der Waals surface area contributed by atoms with Crippen LogP contribution >= 0.6 is 11.6 Å². The molecule has 0 bridgehead atoms. The van der Waals surface area contributed by atoms with E-state index in [0.29, 0.717) is 33.7 Å². The number of nitrogens with one attached hydrogen (secondary N) is 1. The van der Waals surface area contributed by atoms with E-state index in [4.69, 9.17) is 25.7 Å². The van der Waals surface area contributed by atoms with Crippen LogP contribution in [-0.4, -0.2) is 39.9 Å². The number of aryl methyl sites for hydroxylation is 1. The number of halogens is 1. The Balaban J connectivity index is 1.44. The molecule has 5 rings (SSSR count). The zero-order valence-electron chi connectivity index (χ0n) is 22.0. The number of anilines is 1. The highest BCUT2D eigenvalue weighted by Crippen LogP contribution is 2.26. The summed E-state index contributed by atoms with van der Waals surface area (Å²) in [4.78, 5) is 33.0. The Bertz CT molecular complexity index is 1630. The minimum atomic E-state index is -0.412. The molecule has 0 radical (unpaired) electrons. The Hall–Kier alpha value is -4.82. The summed E-state index contributed by atoms with van der Waals surface area (Å²) in [6, 6.07) is 25.5. The highest BCUT2D eigenvalue weighted by Gasteiger charge is 2.22. The van der Waals surface area contributed by atoms with Crippen LogP contribution in [0.5, 0.6) is 5.75 Å². The molecule has 0 aliphatic rings. The van der Waals surface area contributed by atoms with Crippen LogP contribution in [-0.2, 0) is 11.3 Å². The van der Waals surface area contributed by atoms with Gasteiger partial charge >= 0.3 is 0 Å². The summed E-state index contributed by atoms with van der Waals surface area (Å²) in [6.45, 7) is 1.88. The summed E-state index contributed by atoms with van der Waals surface area (Å²) in [5, 5.41) is 3.52. The van der Waals surface area contributed by atoms with E-state index in [1.807, 2.05) is 54.1 Å². The fourth-order valence-electron chi connectivity index (χ4n) is 4.27. The maximum Gasteiger partial charge on any atom is 0.254 e. The second-order valence-electron chi connectivity index (χ2n) is 9.19. The molecule has 202 valence electrons. The molecule has 0 saturated heterocycles. The first-order valence-electron chi connectivity index (χ1n) is 12.6. The van der Waals surface area contributed by atoms with E-state index < -0.39 is 5.91 Å². The molecule has 40 heavy (non-hydrogen) atoms. The van der Waals surface area contributed by atoms with Crippen LogP contribution < -0.4 is 10.1 Å². The average Bonchev–Trinajstić information content (AvgIpc) is 3.63. The average molecular weight is 555 g/mol. The molecule has 5 aromatic rings. The van der Waals surface area contributed by atoms with Crippen molar-refractivity contribution in [3.63, 3.8) is 0 Å². The Morgan fingerprint density at radius 1 is 1.02 bits per heavy atom. The minimum Gasteiger partial charge on any atom is -0.497 e. The third-order valence-electron chi connectivity index (χ3n) is 6.24. The van der Waals surface area contributed by atoms with E-state index in [2.05, 4.69) is 5.32 Å². The summed E-state index contributed by atoms with van der Waals surface area (Å²) in [5.41, 5.74) is 3.80. The van der Waals surface area contributed by atoms with Crippen molar-refractivity contribution in [2.24, 2.45) is 0 Å². The lowest BCUT2D eigenvalue weighted by Gasteiger charge is -2.21. The largest absolute Gasteiger partial charge is 0.497 e. The Morgan fingerprint density at radius 2 is 1.82 bits per heavy atom. The fraction of sp³-hybridized carbons (Fsp3) is 0.129. The number of carbonyl (C=O) groups excluding carboxylic acids is 2. The molecular formula is C31H27ClN4O4. The number of imidazole rings is 1. The second kappa shape index (κ2) is 11.9. The predicted octanol–water partition coefficient (Wildman–Crippen LogP) is 6.38. The Labute approximate surface area is 236 Å². The summed E-state index contributed by atoms with van der Waals surface area (Å²) in [5.74, 6) is 0.671. The SMILES string of the molecule is COc1cccc(C(=O)N(CC(=O)Nc2nc(-c3ccc(Cl)cc3)cn2-c2cccc(C)c2)Cc2ccco2)c1. The molecule has 0 atom stereocenters. The van der Waals surface area contributed by atoms with Crippen molar-refractivity contribution >= 4 is 29.4 Å². The van der Waals surface area contributed by atoms with Crippen molar-refractivity contribution in [1.82, 2.24) is 14.5 Å². The molecule has 0 saturated carbocycles. The zero-order chi connectivity index (χ0) is 28.1. The summed E-state index contributed by atoms with van der Waals surface area (Å²) in [7, 11) is 1.53. The Morgan fingerprint density at radius 3 is 2.55 bits per heavy atom. The second-order valence-corrected chi connectivity index (χ2v) is 9.62. The predicted molar refractivity (Wildman–Crippen MR) is 154 cm³/mol. The highest BCUT2D eigenvalue weighted by molar-refractivity contribution is 6.30. The van der Waals surface area contributed by atoms with Crippen molar-refractivity contribution < 1.29 is 18.7 Å². The van der Waals surface area contributed by atoms with Crippen LogP contribution in [0, 0.1) is 6.92 Å². The van der Waals surface area contributed by atoms with Gasteiger partial charge in [-0.2, -0.15) is 0 Å². The maximum atomic E-state index is 13.5. The molecule has 2 heterocycles. The van der Waals surface area contributed by atoms with Gasteiger partial charge in [-0.3, -0.25) is 19.5 Å². The Kier molecular flexibility index (Phi) is 7.98. The number of benzene rings is 3. The van der Waals surface area contributed by atoms with Crippen LogP contribution in [0.3, 0.4) is 0 Å². The normalized spacial score (nSPS) is 10.8. The zero-order valence-corrected chi connectivity index (χ0v) is 22.8. The van der Waals surface area contributed by atoms with E-state index in [1.54, 1.807) is 48.5 Å². The van der Waals surface area contributed by atoms with Crippen LogP contribution in [0.2, 0.25) is 5.02 Å². The summed E-state index contributed by atoms with van der Waals surface area (Å²) < 4.78 is 12.6. The summed E-state index contributed by atoms with van der Waals surface area (Å²) in [6.07, 6.45) is 3.39. The standard InChI is InChI=1S/C31H27ClN4O4/c1-21-6-3-8-25(16-21)36-19-28(22-11-13-24(32)14-12-22)33-31(36)34-29(37)20-35(18-27-10-5-15-40-27)30(38)23-7-4-9-26(17-23)39-2/h3-17,19H,18,20H2,1-2H3,(H,33,34,37). The number of methoxy groups -OCH3 is 1. The number of rotatable bonds is 9. The van der Waals surface area contributed by atoms with Gasteiger partial charge in [0.1, 0.15) is 18.1 Å². The number of hydrogen-bond donors (Lipinski definition) is 1. The summed E-state index contributed by atoms with van der Waals surface area (Å²) >= 11 is 6.08. The number of ether oxygens (including phenoxy) is 1. The van der Waals surface area contributed by atoms with Crippen molar-refractivity contribution in [2.45, 2.75) is 13.5 Å². The first-order chi connectivity index (χ1) is 19.4. The van der Waals surface area contributed by atoms with Crippen LogP contribution in [0.15, 0.2) is 102 Å². The van der Waals surface area contributed by atoms with Gasteiger partial charge < -0.3 is 14.1 Å². The van der Waals surface area contributed by atoms with Gasteiger partial charge in [0.2, 0.25) is 11.9 Å². The molecule has 0 aliphatic carbocycles. The third-order valence-corrected chi connectivity index (χ3v) is 6.49. The number of nitrogens with zero attached hydrogens (tertiary/aromatic N) is 3. The molecule has 9 heteroatoms. The molecule has 8 nitrogen and oxygen atoms in total. The molecule has 0 spiro atoms. The lowest BCUT2D eigenvalue weighted by molar-refractivity contribution is -0.117. The number of amides is 2. The molecule has 1 N–H and O–H groups in total. The van der Waals surface area contributed by atoms with Crippen molar-refractivity contribution in [1.29, 1.82) is 0 Å². The lowest BCUT2D eigenvalue weighted by Crippen LogP contribution is -2.37. The van der Waals surface area contributed by atoms with Crippen molar-refractivity contribution in [3.05, 3.63) is 119 Å². The van der Waals surface area contributed by atoms with Gasteiger partial charge in [-0.05, 0) is 67.1 Å². The number of furan rings is 1. The third kappa shape index (κ3) is 6.24. The molecule has 2 aromatic heterocycles. The monoisotopic (exact) mass is 554 g/mol. The molecule has 0 fully saturated rings. The van der Waals surface area contributed by atoms with Crippen LogP contribution in [0.25, 0.3) is 16.9 Å². The van der Waals surface area contributed by atoms with E-state index >= 15 is 0 Å². The van der Waals surface area contributed by atoms with Gasteiger partial charge in [0.15, 0.2) is 0 Å². The molecule has 3 aromatic carbocycles. The lowest BCUT2D eigenvalue weighted by atomic mass is 10.2. The van der Waals surface area contributed by atoms with Crippen LogP contribution in [0.4, 0.5) is 5.95 Å². The molecule has 0 unspecified atom stereocenters. The van der Waals surface area contributed by atoms with Gasteiger partial charge in [-0.15, -0.1) is 0 Å². The topological polar surface area (TPSA) is 89.6 Å². The molecule has 2 amide bonds. The number of hydrogen-bond acceptors (Lipinski definition) is 5. The van der Waals surface area contributed by atoms with E-state index in [1.165, 1.54) is 18.3 Å². The van der Waals surface area contributed by atoms with Crippen molar-refractivity contribution in [3.8, 4) is 22.7 Å². The van der Waals surface area contributed by atoms with Gasteiger partial charge in [0, 0.05) is 28.0 Å². The van der Waals surface area contributed by atoms with Gasteiger partial charge in [0.25, 0.3) is 5.91 Å². The number of aromatic nitrogens is 2. The highest BCUT2D eigenvalue weighted by atomic mass is 35.5. The van der Waals surface area contributed by atoms with Gasteiger partial charge in [-0.25, -0.2) is 4.98 Å². The molecular weight excluding hydrogens is 528 g/mol. The van der Waals surface area contributed by atoms with Crippen molar-refractivity contribution in [2.75, 3.05) is 19.0 Å². The first kappa shape index (κ1) is 26.8. The quantitative estimate of drug-likeness (QED) is 0.228.